The molecule has 9 unspecified atom stereocenters. The summed E-state index contributed by atoms with van der Waals surface area (Å²) in [4.78, 5) is 13.9. The molecule has 3 heterocycles. The van der Waals surface area contributed by atoms with Crippen LogP contribution in [0.4, 0.5) is 0 Å². The fraction of sp³-hybridized carbons (Fsp3) is 0.464. The molecule has 240 valence electrons. The van der Waals surface area contributed by atoms with Crippen molar-refractivity contribution < 1.29 is 73.7 Å². The van der Waals surface area contributed by atoms with Crippen molar-refractivity contribution in [2.45, 2.75) is 55.3 Å². The normalized spacial score (nSPS) is 30.7. The van der Waals surface area contributed by atoms with Crippen LogP contribution in [-0.2, 0) is 14.2 Å². The molecule has 0 amide bonds. The van der Waals surface area contributed by atoms with Crippen molar-refractivity contribution in [1.29, 1.82) is 0 Å². The van der Waals surface area contributed by atoms with Crippen molar-refractivity contribution in [2.75, 3.05) is 27.4 Å². The first-order valence-corrected chi connectivity index (χ1v) is 13.3. The van der Waals surface area contributed by atoms with E-state index in [1.807, 2.05) is 0 Å². The highest BCUT2D eigenvalue weighted by Crippen LogP contribution is 2.40. The van der Waals surface area contributed by atoms with Gasteiger partial charge >= 0.3 is 0 Å². The van der Waals surface area contributed by atoms with Crippen LogP contribution in [-0.4, -0.2) is 124 Å². The topological polar surface area (TPSA) is 247 Å². The van der Waals surface area contributed by atoms with Gasteiger partial charge in [0.25, 0.3) is 0 Å². The molecule has 2 aliphatic heterocycles. The molecule has 9 atom stereocenters. The van der Waals surface area contributed by atoms with Crippen LogP contribution in [0.5, 0.6) is 28.7 Å². The fourth-order valence-corrected chi connectivity index (χ4v) is 4.96. The lowest BCUT2D eigenvalue weighted by molar-refractivity contribution is -0.345. The summed E-state index contributed by atoms with van der Waals surface area (Å²) in [6, 6.07) is 6.47. The molecule has 0 spiro atoms. The Morgan fingerprint density at radius 3 is 2.32 bits per heavy atom. The number of fused-ring (bicyclic) bond motifs is 1. The lowest BCUT2D eigenvalue weighted by Crippen LogP contribution is -2.64. The van der Waals surface area contributed by atoms with Gasteiger partial charge in [-0.05, 0) is 18.2 Å². The molecule has 16 nitrogen and oxygen atoms in total. The average Bonchev–Trinajstić information content (AvgIpc) is 3.01. The SMILES string of the molecule is COc1cc(O)c2c(=O)c(OC3OC(CO)C(O)C(O)C3OC3OCC(O)C(O)C3O)c(-c3ccc(O)c(OC)c3)oc2c1. The molecule has 2 fully saturated rings. The van der Waals surface area contributed by atoms with Crippen LogP contribution in [0, 0.1) is 0 Å². The quantitative estimate of drug-likeness (QED) is 0.142. The molecular formula is C28H32O16. The van der Waals surface area contributed by atoms with Gasteiger partial charge in [-0.25, -0.2) is 0 Å². The molecule has 3 aromatic rings. The largest absolute Gasteiger partial charge is 0.507 e. The summed E-state index contributed by atoms with van der Waals surface area (Å²) in [5.74, 6) is -1.45. The third-order valence-corrected chi connectivity index (χ3v) is 7.39. The van der Waals surface area contributed by atoms with Gasteiger partial charge in [-0.3, -0.25) is 4.79 Å². The lowest BCUT2D eigenvalue weighted by Gasteiger charge is -2.44. The molecule has 0 radical (unpaired) electrons. The van der Waals surface area contributed by atoms with E-state index in [2.05, 4.69) is 0 Å². The van der Waals surface area contributed by atoms with E-state index < -0.39 is 85.4 Å². The van der Waals surface area contributed by atoms with Crippen molar-refractivity contribution in [3.8, 4) is 40.1 Å². The molecular weight excluding hydrogens is 592 g/mol. The Labute approximate surface area is 248 Å². The van der Waals surface area contributed by atoms with Gasteiger partial charge in [0.05, 0.1) is 27.4 Å². The van der Waals surface area contributed by atoms with Gasteiger partial charge in [-0.1, -0.05) is 0 Å². The Kier molecular flexibility index (Phi) is 9.17. The van der Waals surface area contributed by atoms with Crippen LogP contribution >= 0.6 is 0 Å². The third kappa shape index (κ3) is 5.74. The summed E-state index contributed by atoms with van der Waals surface area (Å²) in [6.07, 6.45) is -15.2. The van der Waals surface area contributed by atoms with Crippen molar-refractivity contribution in [3.05, 3.63) is 40.6 Å². The number of rotatable bonds is 8. The van der Waals surface area contributed by atoms with Crippen LogP contribution in [0.2, 0.25) is 0 Å². The minimum absolute atomic E-state index is 0.00267. The first kappa shape index (κ1) is 31.7. The number of phenols is 2. The second-order valence-electron chi connectivity index (χ2n) is 10.2. The number of aliphatic hydroxyl groups excluding tert-OH is 6. The van der Waals surface area contributed by atoms with Gasteiger partial charge in [0.15, 0.2) is 29.7 Å². The third-order valence-electron chi connectivity index (χ3n) is 7.39. The molecule has 0 aliphatic carbocycles. The molecule has 2 saturated heterocycles. The highest BCUT2D eigenvalue weighted by Gasteiger charge is 2.50. The van der Waals surface area contributed by atoms with E-state index in [4.69, 9.17) is 32.8 Å². The number of phenolic OH excluding ortho intramolecular Hbond substituents is 2. The van der Waals surface area contributed by atoms with Gasteiger partial charge < -0.3 is 73.7 Å². The fourth-order valence-electron chi connectivity index (χ4n) is 4.96. The van der Waals surface area contributed by atoms with E-state index >= 15 is 0 Å². The maximum absolute atomic E-state index is 13.9. The number of hydrogen-bond donors (Lipinski definition) is 8. The zero-order chi connectivity index (χ0) is 31.9. The van der Waals surface area contributed by atoms with Gasteiger partial charge in [-0.2, -0.15) is 0 Å². The maximum atomic E-state index is 13.9. The number of benzene rings is 2. The van der Waals surface area contributed by atoms with E-state index in [0.717, 1.165) is 0 Å². The second-order valence-corrected chi connectivity index (χ2v) is 10.2. The summed E-state index contributed by atoms with van der Waals surface area (Å²) in [6.45, 7) is -1.25. The lowest BCUT2D eigenvalue weighted by atomic mass is 9.98. The first-order chi connectivity index (χ1) is 21.0. The van der Waals surface area contributed by atoms with Gasteiger partial charge in [-0.15, -0.1) is 0 Å². The monoisotopic (exact) mass is 624 g/mol. The van der Waals surface area contributed by atoms with Gasteiger partial charge in [0.2, 0.25) is 17.5 Å². The first-order valence-electron chi connectivity index (χ1n) is 13.3. The Bertz CT molecular complexity index is 1540. The summed E-state index contributed by atoms with van der Waals surface area (Å²) < 4.78 is 38.9. The van der Waals surface area contributed by atoms with Crippen molar-refractivity contribution >= 4 is 11.0 Å². The molecule has 5 rings (SSSR count). The molecule has 44 heavy (non-hydrogen) atoms. The molecule has 0 bridgehead atoms. The number of aromatic hydroxyl groups is 2. The molecule has 2 aliphatic rings. The summed E-state index contributed by atoms with van der Waals surface area (Å²) in [5, 5.41) is 82.1. The van der Waals surface area contributed by atoms with Gasteiger partial charge in [0.1, 0.15) is 59.1 Å². The van der Waals surface area contributed by atoms with E-state index in [1.54, 1.807) is 0 Å². The van der Waals surface area contributed by atoms with Crippen LogP contribution in [0.15, 0.2) is 39.5 Å². The number of hydrogen-bond acceptors (Lipinski definition) is 16. The predicted molar refractivity (Wildman–Crippen MR) is 145 cm³/mol. The summed E-state index contributed by atoms with van der Waals surface area (Å²) >= 11 is 0. The summed E-state index contributed by atoms with van der Waals surface area (Å²) in [5.41, 5.74) is -0.898. The highest BCUT2D eigenvalue weighted by molar-refractivity contribution is 5.88. The average molecular weight is 625 g/mol. The molecule has 2 aromatic carbocycles. The van der Waals surface area contributed by atoms with Crippen molar-refractivity contribution in [3.63, 3.8) is 0 Å². The van der Waals surface area contributed by atoms with E-state index in [0.29, 0.717) is 0 Å². The Hall–Kier alpha value is -3.71. The van der Waals surface area contributed by atoms with Crippen LogP contribution in [0.1, 0.15) is 0 Å². The van der Waals surface area contributed by atoms with Crippen LogP contribution in [0.3, 0.4) is 0 Å². The second kappa shape index (κ2) is 12.7. The van der Waals surface area contributed by atoms with Gasteiger partial charge in [0, 0.05) is 17.7 Å². The molecule has 8 N–H and O–H groups in total. The maximum Gasteiger partial charge on any atom is 0.239 e. The minimum Gasteiger partial charge on any atom is -0.507 e. The molecule has 16 heteroatoms. The Morgan fingerprint density at radius 1 is 0.886 bits per heavy atom. The van der Waals surface area contributed by atoms with Crippen LogP contribution in [0.25, 0.3) is 22.3 Å². The molecule has 1 aromatic heterocycles. The number of ether oxygens (including phenoxy) is 6. The smallest absolute Gasteiger partial charge is 0.239 e. The summed E-state index contributed by atoms with van der Waals surface area (Å²) in [7, 11) is 2.64. The van der Waals surface area contributed by atoms with E-state index in [-0.39, 0.29) is 39.5 Å². The molecule has 0 saturated carbocycles. The van der Waals surface area contributed by atoms with Crippen molar-refractivity contribution in [2.24, 2.45) is 0 Å². The van der Waals surface area contributed by atoms with E-state index in [1.165, 1.54) is 44.6 Å². The predicted octanol–water partition coefficient (Wildman–Crippen LogP) is -1.47. The van der Waals surface area contributed by atoms with E-state index in [9.17, 15) is 45.6 Å². The van der Waals surface area contributed by atoms with Crippen LogP contribution < -0.4 is 19.6 Å². The number of aliphatic hydroxyl groups is 6. The standard InChI is InChI=1S/C28H32O16/c1-38-11-6-13(31)18-16(7-11)41-24(10-3-4-12(30)15(5-10)39-2)25(21(18)35)43-28-26(22(36)20(34)17(8-29)42-28)44-27-23(37)19(33)14(32)9-40-27/h3-7,14,17,19-20,22-23,26-34,36-37H,8-9H2,1-2H3. The minimum atomic E-state index is -1.87. The zero-order valence-corrected chi connectivity index (χ0v) is 23.3. The Morgan fingerprint density at radius 2 is 1.64 bits per heavy atom. The highest BCUT2D eigenvalue weighted by atomic mass is 16.8. The number of methoxy groups -OCH3 is 2. The Balaban J connectivity index is 1.63. The van der Waals surface area contributed by atoms with Crippen molar-refractivity contribution in [1.82, 2.24) is 0 Å². The zero-order valence-electron chi connectivity index (χ0n) is 23.3.